The van der Waals surface area contributed by atoms with Gasteiger partial charge in [-0.15, -0.1) is 0 Å². The van der Waals surface area contributed by atoms with Crippen molar-refractivity contribution in [3.8, 4) is 33.4 Å². The number of fused-ring (bicyclic) bond motifs is 3. The summed E-state index contributed by atoms with van der Waals surface area (Å²) in [6.07, 6.45) is 0. The maximum atomic E-state index is 3.66. The van der Waals surface area contributed by atoms with Crippen molar-refractivity contribution >= 4 is 11.4 Å². The van der Waals surface area contributed by atoms with Gasteiger partial charge in [-0.2, -0.15) is 0 Å². The van der Waals surface area contributed by atoms with Crippen molar-refractivity contribution in [2.24, 2.45) is 0 Å². The Morgan fingerprint density at radius 2 is 1.06 bits per heavy atom. The predicted molar refractivity (Wildman–Crippen MR) is 145 cm³/mol. The molecule has 1 N–H and O–H groups in total. The zero-order valence-electron chi connectivity index (χ0n) is 19.5. The van der Waals surface area contributed by atoms with Gasteiger partial charge in [0.25, 0.3) is 0 Å². The van der Waals surface area contributed by atoms with Crippen LogP contribution < -0.4 is 5.32 Å². The van der Waals surface area contributed by atoms with E-state index in [9.17, 15) is 0 Å². The lowest BCUT2D eigenvalue weighted by Crippen LogP contribution is -2.14. The van der Waals surface area contributed by atoms with Crippen molar-refractivity contribution in [3.05, 3.63) is 132 Å². The van der Waals surface area contributed by atoms with Gasteiger partial charge in [-0.25, -0.2) is 0 Å². The van der Waals surface area contributed by atoms with Crippen LogP contribution in [-0.2, 0) is 5.41 Å². The average molecular weight is 438 g/mol. The van der Waals surface area contributed by atoms with Crippen LogP contribution in [0.15, 0.2) is 121 Å². The SMILES string of the molecule is CC1(C)c2ccccc2-c2ccc(-c3ccccc3Nc3ccc(-c4ccccc4)cc3)cc21. The van der Waals surface area contributed by atoms with Crippen LogP contribution in [0.4, 0.5) is 11.4 Å². The quantitative estimate of drug-likeness (QED) is 0.296. The monoisotopic (exact) mass is 437 g/mol. The first kappa shape index (κ1) is 20.5. The normalized spacial score (nSPS) is 13.2. The van der Waals surface area contributed by atoms with Crippen molar-refractivity contribution in [3.63, 3.8) is 0 Å². The van der Waals surface area contributed by atoms with Gasteiger partial charge in [-0.1, -0.05) is 111 Å². The molecule has 1 heteroatoms. The van der Waals surface area contributed by atoms with Gasteiger partial charge in [0.15, 0.2) is 0 Å². The van der Waals surface area contributed by atoms with Gasteiger partial charge in [0.05, 0.1) is 0 Å². The van der Waals surface area contributed by atoms with Crippen molar-refractivity contribution in [1.82, 2.24) is 0 Å². The second-order valence-electron chi connectivity index (χ2n) is 9.54. The molecule has 0 amide bonds. The molecule has 5 aromatic rings. The molecule has 0 bridgehead atoms. The molecule has 0 radical (unpaired) electrons. The number of anilines is 2. The summed E-state index contributed by atoms with van der Waals surface area (Å²) in [4.78, 5) is 0. The lowest BCUT2D eigenvalue weighted by atomic mass is 9.81. The third kappa shape index (κ3) is 3.41. The summed E-state index contributed by atoms with van der Waals surface area (Å²) >= 11 is 0. The molecule has 1 nitrogen and oxygen atoms in total. The largest absolute Gasteiger partial charge is 0.355 e. The first-order valence-electron chi connectivity index (χ1n) is 11.9. The maximum absolute atomic E-state index is 3.66. The third-order valence-corrected chi connectivity index (χ3v) is 7.09. The summed E-state index contributed by atoms with van der Waals surface area (Å²) in [5.74, 6) is 0. The molecule has 0 saturated heterocycles. The Bertz CT molecular complexity index is 1480. The number of hydrogen-bond donors (Lipinski definition) is 1. The van der Waals surface area contributed by atoms with Crippen LogP contribution in [0.5, 0.6) is 0 Å². The molecule has 0 aliphatic heterocycles. The van der Waals surface area contributed by atoms with Gasteiger partial charge in [-0.3, -0.25) is 0 Å². The van der Waals surface area contributed by atoms with Crippen molar-refractivity contribution in [1.29, 1.82) is 0 Å². The van der Waals surface area contributed by atoms with Crippen LogP contribution >= 0.6 is 0 Å². The zero-order chi connectivity index (χ0) is 23.1. The van der Waals surface area contributed by atoms with Crippen molar-refractivity contribution < 1.29 is 0 Å². The van der Waals surface area contributed by atoms with Crippen LogP contribution in [0.3, 0.4) is 0 Å². The lowest BCUT2D eigenvalue weighted by molar-refractivity contribution is 0.660. The summed E-state index contributed by atoms with van der Waals surface area (Å²) in [6.45, 7) is 4.67. The third-order valence-electron chi connectivity index (χ3n) is 7.09. The van der Waals surface area contributed by atoms with Gasteiger partial charge in [0.2, 0.25) is 0 Å². The number of rotatable bonds is 4. The molecule has 0 unspecified atom stereocenters. The van der Waals surface area contributed by atoms with Gasteiger partial charge in [0.1, 0.15) is 0 Å². The smallest absolute Gasteiger partial charge is 0.0463 e. The van der Waals surface area contributed by atoms with Crippen LogP contribution in [-0.4, -0.2) is 0 Å². The molecule has 164 valence electrons. The Balaban J connectivity index is 1.34. The summed E-state index contributed by atoms with van der Waals surface area (Å²) in [6, 6.07) is 43.5. The molecule has 0 aromatic heterocycles. The van der Waals surface area contributed by atoms with Gasteiger partial charge >= 0.3 is 0 Å². The Kier molecular flexibility index (Phi) is 4.85. The van der Waals surface area contributed by atoms with E-state index in [4.69, 9.17) is 0 Å². The summed E-state index contributed by atoms with van der Waals surface area (Å²) in [7, 11) is 0. The first-order chi connectivity index (χ1) is 16.6. The van der Waals surface area contributed by atoms with Crippen LogP contribution in [0.1, 0.15) is 25.0 Å². The molecule has 0 heterocycles. The fourth-order valence-electron chi connectivity index (χ4n) is 5.25. The molecule has 6 rings (SSSR count). The Hall–Kier alpha value is -4.10. The van der Waals surface area contributed by atoms with Gasteiger partial charge < -0.3 is 5.32 Å². The maximum Gasteiger partial charge on any atom is 0.0463 e. The van der Waals surface area contributed by atoms with E-state index in [1.54, 1.807) is 0 Å². The second kappa shape index (κ2) is 8.04. The molecule has 0 fully saturated rings. The van der Waals surface area contributed by atoms with Gasteiger partial charge in [0, 0.05) is 22.4 Å². The minimum absolute atomic E-state index is 0.00240. The second-order valence-corrected chi connectivity index (χ2v) is 9.54. The van der Waals surface area contributed by atoms with Gasteiger partial charge in [-0.05, 0) is 63.2 Å². The minimum atomic E-state index is -0.00240. The minimum Gasteiger partial charge on any atom is -0.355 e. The topological polar surface area (TPSA) is 12.0 Å². The highest BCUT2D eigenvalue weighted by Crippen LogP contribution is 2.49. The number of nitrogens with one attached hydrogen (secondary N) is 1. The van der Waals surface area contributed by atoms with E-state index >= 15 is 0 Å². The Morgan fingerprint density at radius 1 is 0.471 bits per heavy atom. The summed E-state index contributed by atoms with van der Waals surface area (Å²) in [5, 5.41) is 3.66. The highest BCUT2D eigenvalue weighted by molar-refractivity contribution is 5.87. The molecule has 1 aliphatic carbocycles. The molecule has 34 heavy (non-hydrogen) atoms. The summed E-state index contributed by atoms with van der Waals surface area (Å²) in [5.41, 5.74) is 12.6. The van der Waals surface area contributed by atoms with E-state index in [0.717, 1.165) is 11.4 Å². The molecule has 0 spiro atoms. The van der Waals surface area contributed by atoms with E-state index in [1.165, 1.54) is 44.5 Å². The predicted octanol–water partition coefficient (Wildman–Crippen LogP) is 9.07. The molecular formula is C33H27N. The van der Waals surface area contributed by atoms with Crippen molar-refractivity contribution in [2.45, 2.75) is 19.3 Å². The summed E-state index contributed by atoms with van der Waals surface area (Å²) < 4.78 is 0. The number of benzene rings is 5. The highest BCUT2D eigenvalue weighted by atomic mass is 14.9. The molecule has 0 atom stereocenters. The average Bonchev–Trinajstić information content (AvgIpc) is 3.12. The van der Waals surface area contributed by atoms with E-state index in [0.29, 0.717) is 0 Å². The first-order valence-corrected chi connectivity index (χ1v) is 11.9. The highest BCUT2D eigenvalue weighted by Gasteiger charge is 2.35. The lowest BCUT2D eigenvalue weighted by Gasteiger charge is -2.22. The van der Waals surface area contributed by atoms with Crippen LogP contribution in [0.25, 0.3) is 33.4 Å². The Morgan fingerprint density at radius 3 is 1.85 bits per heavy atom. The fraction of sp³-hybridized carbons (Fsp3) is 0.0909. The molecule has 5 aromatic carbocycles. The standard InChI is InChI=1S/C33H27N/c1-33(2)30-14-8-6-13-28(30)29-21-18-25(22-31(29)33)27-12-7-9-15-32(27)34-26-19-16-24(17-20-26)23-10-4-3-5-11-23/h3-22,34H,1-2H3. The van der Waals surface area contributed by atoms with E-state index in [2.05, 4.69) is 140 Å². The molecule has 1 aliphatic rings. The zero-order valence-corrected chi connectivity index (χ0v) is 19.5. The fourth-order valence-corrected chi connectivity index (χ4v) is 5.25. The molecule has 0 saturated carbocycles. The number of para-hydroxylation sites is 1. The number of hydrogen-bond acceptors (Lipinski definition) is 1. The Labute approximate surface area is 201 Å². The van der Waals surface area contributed by atoms with E-state index in [1.807, 2.05) is 0 Å². The molecular weight excluding hydrogens is 410 g/mol. The van der Waals surface area contributed by atoms with E-state index < -0.39 is 0 Å². The van der Waals surface area contributed by atoms with Crippen LogP contribution in [0, 0.1) is 0 Å². The van der Waals surface area contributed by atoms with Crippen molar-refractivity contribution in [2.75, 3.05) is 5.32 Å². The van der Waals surface area contributed by atoms with E-state index in [-0.39, 0.29) is 5.41 Å². The van der Waals surface area contributed by atoms with Crippen LogP contribution in [0.2, 0.25) is 0 Å².